The normalized spacial score (nSPS) is 16.1. The van der Waals surface area contributed by atoms with Crippen molar-refractivity contribution in [2.45, 2.75) is 58.6 Å². The van der Waals surface area contributed by atoms with Gasteiger partial charge in [-0.3, -0.25) is 5.10 Å². The van der Waals surface area contributed by atoms with Crippen LogP contribution in [0.15, 0.2) is 35.6 Å². The van der Waals surface area contributed by atoms with Crippen molar-refractivity contribution < 1.29 is 4.74 Å². The van der Waals surface area contributed by atoms with Crippen LogP contribution in [0.5, 0.6) is 0 Å². The van der Waals surface area contributed by atoms with Crippen LogP contribution in [0.25, 0.3) is 11.4 Å². The summed E-state index contributed by atoms with van der Waals surface area (Å²) in [5.74, 6) is 2.34. The number of benzene rings is 1. The predicted molar refractivity (Wildman–Crippen MR) is 117 cm³/mol. The first kappa shape index (κ1) is 21.3. The Morgan fingerprint density at radius 1 is 1.28 bits per heavy atom. The predicted octanol–water partition coefficient (Wildman–Crippen LogP) is 3.51. The molecule has 1 unspecified atom stereocenters. The highest BCUT2D eigenvalue weighted by Crippen LogP contribution is 2.30. The Morgan fingerprint density at radius 2 is 2.14 bits per heavy atom. The van der Waals surface area contributed by atoms with Gasteiger partial charge >= 0.3 is 0 Å². The maximum atomic E-state index is 6.03. The van der Waals surface area contributed by atoms with Crippen molar-refractivity contribution in [3.8, 4) is 11.4 Å². The molecule has 1 heterocycles. The van der Waals surface area contributed by atoms with E-state index in [-0.39, 0.29) is 0 Å². The van der Waals surface area contributed by atoms with E-state index < -0.39 is 0 Å². The molecule has 0 bridgehead atoms. The van der Waals surface area contributed by atoms with E-state index in [1.54, 1.807) is 0 Å². The minimum atomic E-state index is 0.358. The molecule has 7 nitrogen and oxygen atoms in total. The van der Waals surface area contributed by atoms with Crippen LogP contribution >= 0.6 is 0 Å². The number of nitrogens with zero attached hydrogens (tertiary/aromatic N) is 3. The zero-order chi connectivity index (χ0) is 20.3. The van der Waals surface area contributed by atoms with Crippen molar-refractivity contribution in [3.63, 3.8) is 0 Å². The third-order valence-corrected chi connectivity index (χ3v) is 5.41. The Morgan fingerprint density at radius 3 is 2.86 bits per heavy atom. The van der Waals surface area contributed by atoms with Gasteiger partial charge in [-0.05, 0) is 50.7 Å². The van der Waals surface area contributed by atoms with Crippen LogP contribution in [0, 0.1) is 5.92 Å². The lowest BCUT2D eigenvalue weighted by molar-refractivity contribution is 0.0169. The molecule has 1 fully saturated rings. The van der Waals surface area contributed by atoms with Crippen LogP contribution in [-0.4, -0.2) is 46.9 Å². The second kappa shape index (κ2) is 11.6. The fraction of sp³-hybridized carbons (Fsp3) is 0.591. The summed E-state index contributed by atoms with van der Waals surface area (Å²) in [5.41, 5.74) is 2.15. The average molecular weight is 399 g/mol. The van der Waals surface area contributed by atoms with E-state index in [1.165, 1.54) is 32.0 Å². The van der Waals surface area contributed by atoms with E-state index in [4.69, 9.17) is 9.73 Å². The summed E-state index contributed by atoms with van der Waals surface area (Å²) in [4.78, 5) is 8.97. The molecule has 158 valence electrons. The van der Waals surface area contributed by atoms with Crippen LogP contribution < -0.4 is 10.6 Å². The molecular weight excluding hydrogens is 364 g/mol. The molecule has 1 atom stereocenters. The summed E-state index contributed by atoms with van der Waals surface area (Å²) in [7, 11) is 0. The highest BCUT2D eigenvalue weighted by atomic mass is 16.5. The number of aliphatic imine (C=N–C) groups is 1. The third-order valence-electron chi connectivity index (χ3n) is 5.41. The summed E-state index contributed by atoms with van der Waals surface area (Å²) in [6.07, 6.45) is 8.20. The van der Waals surface area contributed by atoms with E-state index in [0.29, 0.717) is 12.6 Å². The number of H-pyrrole nitrogens is 1. The monoisotopic (exact) mass is 398 g/mol. The van der Waals surface area contributed by atoms with Gasteiger partial charge in [-0.25, -0.2) is 9.98 Å². The van der Waals surface area contributed by atoms with Gasteiger partial charge in [-0.1, -0.05) is 31.0 Å². The quantitative estimate of drug-likeness (QED) is 0.421. The molecule has 1 aliphatic rings. The number of aromatic amines is 1. The molecule has 1 aromatic carbocycles. The maximum absolute atomic E-state index is 6.03. The number of hydrogen-bond acceptors (Lipinski definition) is 4. The Hall–Kier alpha value is -2.41. The molecule has 1 saturated carbocycles. The molecular formula is C22H34N6O. The lowest BCUT2D eigenvalue weighted by atomic mass is 9.98. The Kier molecular flexibility index (Phi) is 8.49. The second-order valence-corrected chi connectivity index (χ2v) is 7.48. The van der Waals surface area contributed by atoms with Gasteiger partial charge in [-0.15, -0.1) is 0 Å². The zero-order valence-corrected chi connectivity index (χ0v) is 17.7. The fourth-order valence-electron chi connectivity index (χ4n) is 4.00. The average Bonchev–Trinajstić information content (AvgIpc) is 3.46. The SMILES string of the molecule is CCNC(=NCc1cccc(-c2ncn[nH]2)c1)NCCC(OCC)C1CCCC1. The van der Waals surface area contributed by atoms with E-state index >= 15 is 0 Å². The van der Waals surface area contributed by atoms with Crippen molar-refractivity contribution in [1.29, 1.82) is 0 Å². The number of guanidine groups is 1. The smallest absolute Gasteiger partial charge is 0.191 e. The van der Waals surface area contributed by atoms with Crippen molar-refractivity contribution in [2.75, 3.05) is 19.7 Å². The van der Waals surface area contributed by atoms with Gasteiger partial charge in [-0.2, -0.15) is 5.10 Å². The van der Waals surface area contributed by atoms with Gasteiger partial charge in [0.15, 0.2) is 11.8 Å². The standard InChI is InChI=1S/C22H34N6O/c1-3-23-22(24-13-12-20(29-4-2)18-9-5-6-10-18)25-15-17-8-7-11-19(14-17)21-26-16-27-28-21/h7-8,11,14,16,18,20H,3-6,9-10,12-13,15H2,1-2H3,(H2,23,24,25)(H,26,27,28). The minimum absolute atomic E-state index is 0.358. The number of nitrogens with one attached hydrogen (secondary N) is 3. The summed E-state index contributed by atoms with van der Waals surface area (Å²) in [5, 5.41) is 13.6. The van der Waals surface area contributed by atoms with Crippen LogP contribution in [0.4, 0.5) is 0 Å². The molecule has 1 aliphatic carbocycles. The minimum Gasteiger partial charge on any atom is -0.378 e. The first-order valence-corrected chi connectivity index (χ1v) is 10.9. The molecule has 0 radical (unpaired) electrons. The largest absolute Gasteiger partial charge is 0.378 e. The summed E-state index contributed by atoms with van der Waals surface area (Å²) < 4.78 is 6.03. The molecule has 0 saturated heterocycles. The topological polar surface area (TPSA) is 87.2 Å². The summed E-state index contributed by atoms with van der Waals surface area (Å²) in [6, 6.07) is 8.22. The third kappa shape index (κ3) is 6.56. The highest BCUT2D eigenvalue weighted by Gasteiger charge is 2.25. The second-order valence-electron chi connectivity index (χ2n) is 7.48. The number of hydrogen-bond donors (Lipinski definition) is 3. The molecule has 3 N–H and O–H groups in total. The first-order chi connectivity index (χ1) is 14.3. The van der Waals surface area contributed by atoms with Gasteiger partial charge in [0.05, 0.1) is 12.6 Å². The van der Waals surface area contributed by atoms with Crippen LogP contribution in [0.2, 0.25) is 0 Å². The maximum Gasteiger partial charge on any atom is 0.191 e. The van der Waals surface area contributed by atoms with Crippen molar-refractivity contribution in [3.05, 3.63) is 36.2 Å². The molecule has 0 amide bonds. The zero-order valence-electron chi connectivity index (χ0n) is 17.7. The molecule has 29 heavy (non-hydrogen) atoms. The summed E-state index contributed by atoms with van der Waals surface area (Å²) >= 11 is 0. The Labute approximate surface area is 173 Å². The highest BCUT2D eigenvalue weighted by molar-refractivity contribution is 5.79. The van der Waals surface area contributed by atoms with E-state index in [9.17, 15) is 0 Å². The van der Waals surface area contributed by atoms with Gasteiger partial charge in [0.25, 0.3) is 0 Å². The molecule has 3 rings (SSSR count). The van der Waals surface area contributed by atoms with E-state index in [1.807, 2.05) is 12.1 Å². The Bertz CT molecular complexity index is 740. The van der Waals surface area contributed by atoms with Crippen molar-refractivity contribution in [2.24, 2.45) is 10.9 Å². The van der Waals surface area contributed by atoms with Crippen molar-refractivity contribution in [1.82, 2.24) is 25.8 Å². The van der Waals surface area contributed by atoms with E-state index in [2.05, 4.69) is 51.8 Å². The molecule has 2 aromatic rings. The number of ether oxygens (including phenoxy) is 1. The lowest BCUT2D eigenvalue weighted by Crippen LogP contribution is -2.39. The number of rotatable bonds is 10. The van der Waals surface area contributed by atoms with Crippen LogP contribution in [-0.2, 0) is 11.3 Å². The Balaban J connectivity index is 1.54. The van der Waals surface area contributed by atoms with Crippen LogP contribution in [0.3, 0.4) is 0 Å². The van der Waals surface area contributed by atoms with Gasteiger partial charge in [0.1, 0.15) is 6.33 Å². The molecule has 7 heteroatoms. The molecule has 0 aliphatic heterocycles. The molecule has 0 spiro atoms. The fourth-order valence-corrected chi connectivity index (χ4v) is 4.00. The van der Waals surface area contributed by atoms with Gasteiger partial charge in [0.2, 0.25) is 0 Å². The first-order valence-electron chi connectivity index (χ1n) is 10.9. The van der Waals surface area contributed by atoms with Gasteiger partial charge < -0.3 is 15.4 Å². The van der Waals surface area contributed by atoms with Crippen LogP contribution in [0.1, 0.15) is 51.5 Å². The number of aromatic nitrogens is 3. The van der Waals surface area contributed by atoms with E-state index in [0.717, 1.165) is 54.9 Å². The summed E-state index contributed by atoms with van der Waals surface area (Å²) in [6.45, 7) is 7.27. The van der Waals surface area contributed by atoms with Crippen molar-refractivity contribution >= 4 is 5.96 Å². The van der Waals surface area contributed by atoms with Gasteiger partial charge in [0, 0.05) is 25.3 Å². The lowest BCUT2D eigenvalue weighted by Gasteiger charge is -2.24. The molecule has 1 aromatic heterocycles.